The van der Waals surface area contributed by atoms with Crippen molar-refractivity contribution < 1.29 is 4.79 Å². The van der Waals surface area contributed by atoms with Crippen molar-refractivity contribution in [3.05, 3.63) is 48.3 Å². The van der Waals surface area contributed by atoms with Gasteiger partial charge in [0.05, 0.1) is 0 Å². The zero-order valence-electron chi connectivity index (χ0n) is 9.58. The fraction of sp³-hybridized carbons (Fsp3) is 0.250. The average molecular weight is 230 g/mol. The Kier molecular flexibility index (Phi) is 3.18. The van der Waals surface area contributed by atoms with E-state index in [0.29, 0.717) is 6.42 Å². The van der Waals surface area contributed by atoms with E-state index in [0.717, 1.165) is 11.4 Å². The molecule has 5 nitrogen and oxygen atoms in total. The second-order valence-corrected chi connectivity index (χ2v) is 3.86. The van der Waals surface area contributed by atoms with E-state index in [1.807, 2.05) is 12.1 Å². The lowest BCUT2D eigenvalue weighted by atomic mass is 10.2. The highest BCUT2D eigenvalue weighted by Gasteiger charge is 2.14. The zero-order chi connectivity index (χ0) is 12.3. The van der Waals surface area contributed by atoms with E-state index in [2.05, 4.69) is 9.97 Å². The van der Waals surface area contributed by atoms with E-state index in [-0.39, 0.29) is 11.9 Å². The van der Waals surface area contributed by atoms with Crippen molar-refractivity contribution in [3.8, 4) is 0 Å². The predicted molar refractivity (Wildman–Crippen MR) is 63.2 cm³/mol. The molecule has 1 amide bonds. The molecule has 0 saturated carbocycles. The number of carbonyl (C=O) groups is 1. The molecule has 2 rings (SSSR count). The summed E-state index contributed by atoms with van der Waals surface area (Å²) >= 11 is 0. The summed E-state index contributed by atoms with van der Waals surface area (Å²) in [5.41, 5.74) is 6.39. The maximum absolute atomic E-state index is 11.2. The Bertz CT molecular complexity index is 506. The molecule has 0 fully saturated rings. The monoisotopic (exact) mass is 230 g/mol. The average Bonchev–Trinajstić information content (AvgIpc) is 2.77. The van der Waals surface area contributed by atoms with E-state index >= 15 is 0 Å². The fourth-order valence-electron chi connectivity index (χ4n) is 1.65. The van der Waals surface area contributed by atoms with Gasteiger partial charge in [-0.15, -0.1) is 0 Å². The summed E-state index contributed by atoms with van der Waals surface area (Å²) in [6.07, 6.45) is 7.58. The minimum atomic E-state index is -0.380. The Hall–Kier alpha value is -2.17. The van der Waals surface area contributed by atoms with Crippen molar-refractivity contribution in [1.82, 2.24) is 14.5 Å². The molecule has 5 heteroatoms. The Morgan fingerprint density at radius 1 is 1.41 bits per heavy atom. The van der Waals surface area contributed by atoms with Crippen molar-refractivity contribution in [2.45, 2.75) is 19.4 Å². The second kappa shape index (κ2) is 4.78. The van der Waals surface area contributed by atoms with Gasteiger partial charge in [-0.05, 0) is 24.6 Å². The van der Waals surface area contributed by atoms with Crippen LogP contribution in [0.4, 0.5) is 0 Å². The normalized spacial score (nSPS) is 12.3. The molecule has 0 aliphatic rings. The SMILES string of the molecule is CC(C(N)=O)n1ccnc1Cc1ccncc1. The number of primary amides is 1. The summed E-state index contributed by atoms with van der Waals surface area (Å²) in [7, 11) is 0. The predicted octanol–water partition coefficient (Wildman–Crippen LogP) is 0.915. The summed E-state index contributed by atoms with van der Waals surface area (Å²) in [4.78, 5) is 19.4. The van der Waals surface area contributed by atoms with Gasteiger partial charge in [-0.2, -0.15) is 0 Å². The lowest BCUT2D eigenvalue weighted by molar-refractivity contribution is -0.120. The van der Waals surface area contributed by atoms with Crippen molar-refractivity contribution in [1.29, 1.82) is 0 Å². The standard InChI is InChI=1S/C12H14N4O/c1-9(12(13)17)16-7-6-15-11(16)8-10-2-4-14-5-3-10/h2-7,9H,8H2,1H3,(H2,13,17). The number of pyridine rings is 1. The van der Waals surface area contributed by atoms with Crippen molar-refractivity contribution in [2.24, 2.45) is 5.73 Å². The molecule has 1 unspecified atom stereocenters. The molecule has 0 saturated heterocycles. The third kappa shape index (κ3) is 2.50. The summed E-state index contributed by atoms with van der Waals surface area (Å²) in [6, 6.07) is 3.47. The largest absolute Gasteiger partial charge is 0.368 e. The van der Waals surface area contributed by atoms with Crippen LogP contribution in [0.25, 0.3) is 0 Å². The van der Waals surface area contributed by atoms with Gasteiger partial charge in [-0.25, -0.2) is 4.98 Å². The molecule has 0 aliphatic carbocycles. The Morgan fingerprint density at radius 3 is 2.76 bits per heavy atom. The van der Waals surface area contributed by atoms with E-state index < -0.39 is 0 Å². The number of amides is 1. The highest BCUT2D eigenvalue weighted by molar-refractivity contribution is 5.77. The van der Waals surface area contributed by atoms with Gasteiger partial charge in [0, 0.05) is 31.2 Å². The van der Waals surface area contributed by atoms with Crippen molar-refractivity contribution >= 4 is 5.91 Å². The third-order valence-corrected chi connectivity index (χ3v) is 2.69. The van der Waals surface area contributed by atoms with Crippen LogP contribution < -0.4 is 5.73 Å². The van der Waals surface area contributed by atoms with E-state index in [9.17, 15) is 4.79 Å². The minimum absolute atomic E-state index is 0.362. The van der Waals surface area contributed by atoms with E-state index in [4.69, 9.17) is 5.73 Å². The van der Waals surface area contributed by atoms with Crippen LogP contribution in [0.1, 0.15) is 24.4 Å². The van der Waals surface area contributed by atoms with Gasteiger partial charge in [0.25, 0.3) is 0 Å². The van der Waals surface area contributed by atoms with E-state index in [1.165, 1.54) is 0 Å². The highest BCUT2D eigenvalue weighted by Crippen LogP contribution is 2.12. The van der Waals surface area contributed by atoms with Gasteiger partial charge in [-0.3, -0.25) is 9.78 Å². The van der Waals surface area contributed by atoms with Crippen LogP contribution >= 0.6 is 0 Å². The Balaban J connectivity index is 2.23. The first kappa shape index (κ1) is 11.3. The number of nitrogens with two attached hydrogens (primary N) is 1. The lowest BCUT2D eigenvalue weighted by Crippen LogP contribution is -2.25. The lowest BCUT2D eigenvalue weighted by Gasteiger charge is -2.12. The smallest absolute Gasteiger partial charge is 0.240 e. The number of hydrogen-bond acceptors (Lipinski definition) is 3. The molecule has 0 spiro atoms. The first-order chi connectivity index (χ1) is 8.18. The molecular formula is C12H14N4O. The van der Waals surface area contributed by atoms with Crippen LogP contribution in [0, 0.1) is 0 Å². The first-order valence-electron chi connectivity index (χ1n) is 5.38. The fourth-order valence-corrected chi connectivity index (χ4v) is 1.65. The topological polar surface area (TPSA) is 73.8 Å². The highest BCUT2D eigenvalue weighted by atomic mass is 16.1. The van der Waals surface area contributed by atoms with Crippen LogP contribution in [0.3, 0.4) is 0 Å². The van der Waals surface area contributed by atoms with Gasteiger partial charge < -0.3 is 10.3 Å². The van der Waals surface area contributed by atoms with Gasteiger partial charge in [0.2, 0.25) is 5.91 Å². The number of rotatable bonds is 4. The first-order valence-corrected chi connectivity index (χ1v) is 5.38. The summed E-state index contributed by atoms with van der Waals surface area (Å²) in [5.74, 6) is 0.460. The number of aromatic nitrogens is 3. The second-order valence-electron chi connectivity index (χ2n) is 3.86. The van der Waals surface area contributed by atoms with Gasteiger partial charge in [0.15, 0.2) is 0 Å². The minimum Gasteiger partial charge on any atom is -0.368 e. The zero-order valence-corrected chi connectivity index (χ0v) is 9.58. The van der Waals surface area contributed by atoms with Crippen LogP contribution in [-0.4, -0.2) is 20.4 Å². The van der Waals surface area contributed by atoms with Crippen LogP contribution in [0.15, 0.2) is 36.9 Å². The number of nitrogens with zero attached hydrogens (tertiary/aromatic N) is 3. The molecule has 2 heterocycles. The molecular weight excluding hydrogens is 216 g/mol. The molecule has 2 aromatic heterocycles. The molecule has 2 N–H and O–H groups in total. The Morgan fingerprint density at radius 2 is 2.12 bits per heavy atom. The third-order valence-electron chi connectivity index (χ3n) is 2.69. The van der Waals surface area contributed by atoms with Gasteiger partial charge in [0.1, 0.15) is 11.9 Å². The van der Waals surface area contributed by atoms with Crippen LogP contribution in [0.5, 0.6) is 0 Å². The molecule has 88 valence electrons. The van der Waals surface area contributed by atoms with Crippen molar-refractivity contribution in [3.63, 3.8) is 0 Å². The van der Waals surface area contributed by atoms with Crippen LogP contribution in [0.2, 0.25) is 0 Å². The van der Waals surface area contributed by atoms with Crippen LogP contribution in [-0.2, 0) is 11.2 Å². The molecule has 0 bridgehead atoms. The summed E-state index contributed by atoms with van der Waals surface area (Å²) < 4.78 is 1.79. The van der Waals surface area contributed by atoms with Gasteiger partial charge >= 0.3 is 0 Å². The number of imidazole rings is 1. The van der Waals surface area contributed by atoms with Gasteiger partial charge in [-0.1, -0.05) is 0 Å². The summed E-state index contributed by atoms with van der Waals surface area (Å²) in [5, 5.41) is 0. The molecule has 2 aromatic rings. The Labute approximate surface area is 99.3 Å². The quantitative estimate of drug-likeness (QED) is 0.848. The molecule has 0 aromatic carbocycles. The molecule has 1 atom stereocenters. The maximum Gasteiger partial charge on any atom is 0.240 e. The van der Waals surface area contributed by atoms with Crippen molar-refractivity contribution in [2.75, 3.05) is 0 Å². The molecule has 0 radical (unpaired) electrons. The molecule has 0 aliphatic heterocycles. The van der Waals surface area contributed by atoms with E-state index in [1.54, 1.807) is 36.3 Å². The number of carbonyl (C=O) groups excluding carboxylic acids is 1. The molecule has 17 heavy (non-hydrogen) atoms. The maximum atomic E-state index is 11.2. The number of hydrogen-bond donors (Lipinski definition) is 1. The summed E-state index contributed by atoms with van der Waals surface area (Å²) in [6.45, 7) is 1.76.